The third kappa shape index (κ3) is 5.57. The molecule has 2 aliphatic heterocycles. The second-order valence-electron chi connectivity index (χ2n) is 6.91. The minimum Gasteiger partial charge on any atom is -0.378 e. The van der Waals surface area contributed by atoms with Gasteiger partial charge in [0.05, 0.1) is 30.0 Å². The number of carbonyl (C=O) groups is 2. The summed E-state index contributed by atoms with van der Waals surface area (Å²) in [4.78, 5) is 29.2. The monoisotopic (exact) mass is 413 g/mol. The summed E-state index contributed by atoms with van der Waals surface area (Å²) in [6.07, 6.45) is 3.24. The fraction of sp³-hybridized carbons (Fsp3) is 0.579. The Morgan fingerprint density at radius 1 is 1.15 bits per heavy atom. The van der Waals surface area contributed by atoms with Crippen LogP contribution in [0, 0.1) is 0 Å². The molecular formula is C19H25Cl2N3O3. The molecule has 0 aromatic heterocycles. The molecule has 3 rings (SSSR count). The molecule has 0 radical (unpaired) electrons. The van der Waals surface area contributed by atoms with E-state index in [1.165, 1.54) is 0 Å². The van der Waals surface area contributed by atoms with Crippen LogP contribution in [0.5, 0.6) is 0 Å². The number of likely N-dealkylation sites (tertiary alicyclic amines) is 1. The molecule has 1 aromatic rings. The molecule has 2 fully saturated rings. The van der Waals surface area contributed by atoms with Gasteiger partial charge < -0.3 is 15.0 Å². The molecule has 1 aromatic carbocycles. The summed E-state index contributed by atoms with van der Waals surface area (Å²) in [5, 5.41) is 3.77. The molecule has 6 nitrogen and oxygen atoms in total. The van der Waals surface area contributed by atoms with E-state index in [1.54, 1.807) is 18.2 Å². The smallest absolute Gasteiger partial charge is 0.240 e. The zero-order valence-corrected chi connectivity index (χ0v) is 16.8. The number of amides is 2. The van der Waals surface area contributed by atoms with Crippen molar-refractivity contribution in [3.8, 4) is 0 Å². The van der Waals surface area contributed by atoms with Gasteiger partial charge in [-0.25, -0.2) is 0 Å². The number of ether oxygens (including phenoxy) is 1. The van der Waals surface area contributed by atoms with E-state index in [0.717, 1.165) is 25.8 Å². The molecule has 27 heavy (non-hydrogen) atoms. The van der Waals surface area contributed by atoms with E-state index in [9.17, 15) is 9.59 Å². The summed E-state index contributed by atoms with van der Waals surface area (Å²) < 4.78 is 5.34. The van der Waals surface area contributed by atoms with Gasteiger partial charge in [-0.1, -0.05) is 29.6 Å². The Hall–Kier alpha value is -1.34. The van der Waals surface area contributed by atoms with Crippen LogP contribution in [0.3, 0.4) is 0 Å². The lowest BCUT2D eigenvalue weighted by atomic mass is 10.00. The molecule has 1 N–H and O–H groups in total. The van der Waals surface area contributed by atoms with E-state index in [-0.39, 0.29) is 17.9 Å². The number of nitrogens with one attached hydrogen (secondary N) is 1. The number of benzene rings is 1. The van der Waals surface area contributed by atoms with Crippen LogP contribution in [-0.4, -0.2) is 67.0 Å². The number of morpholine rings is 1. The number of hydrogen-bond acceptors (Lipinski definition) is 4. The highest BCUT2D eigenvalue weighted by molar-refractivity contribution is 6.35. The first-order chi connectivity index (χ1) is 13.0. The van der Waals surface area contributed by atoms with Gasteiger partial charge in [-0.2, -0.15) is 0 Å². The topological polar surface area (TPSA) is 61.9 Å². The summed E-state index contributed by atoms with van der Waals surface area (Å²) in [6.45, 7) is 3.88. The van der Waals surface area contributed by atoms with Crippen molar-refractivity contribution in [1.82, 2.24) is 9.80 Å². The van der Waals surface area contributed by atoms with Crippen LogP contribution in [-0.2, 0) is 14.3 Å². The predicted octanol–water partition coefficient (Wildman–Crippen LogP) is 3.04. The number of anilines is 1. The highest BCUT2D eigenvalue weighted by Gasteiger charge is 2.32. The normalized spacial score (nSPS) is 21.1. The molecule has 2 heterocycles. The Kier molecular flexibility index (Phi) is 7.35. The summed E-state index contributed by atoms with van der Waals surface area (Å²) in [7, 11) is 0. The molecular weight excluding hydrogens is 389 g/mol. The Bertz CT molecular complexity index is 680. The molecule has 1 unspecified atom stereocenters. The van der Waals surface area contributed by atoms with Crippen molar-refractivity contribution in [3.63, 3.8) is 0 Å². The number of carbonyl (C=O) groups excluding carboxylic acids is 2. The number of rotatable bonds is 5. The number of nitrogens with zero attached hydrogens (tertiary/aromatic N) is 2. The molecule has 0 saturated carbocycles. The van der Waals surface area contributed by atoms with E-state index in [0.29, 0.717) is 55.0 Å². The van der Waals surface area contributed by atoms with E-state index >= 15 is 0 Å². The van der Waals surface area contributed by atoms with Crippen LogP contribution >= 0.6 is 23.2 Å². The van der Waals surface area contributed by atoms with Crippen molar-refractivity contribution in [2.75, 3.05) is 44.7 Å². The van der Waals surface area contributed by atoms with Gasteiger partial charge in [-0.15, -0.1) is 0 Å². The van der Waals surface area contributed by atoms with Crippen molar-refractivity contribution >= 4 is 40.7 Å². The average molecular weight is 414 g/mol. The quantitative estimate of drug-likeness (QED) is 0.805. The molecule has 8 heteroatoms. The SMILES string of the molecule is O=C(CCN1CCCCC1C(=O)N1CCOCC1)Nc1cc(Cl)ccc1Cl. The highest BCUT2D eigenvalue weighted by Crippen LogP contribution is 2.26. The second-order valence-corrected chi connectivity index (χ2v) is 7.75. The fourth-order valence-electron chi connectivity index (χ4n) is 3.58. The van der Waals surface area contributed by atoms with Crippen LogP contribution in [0.1, 0.15) is 25.7 Å². The maximum atomic E-state index is 12.9. The zero-order valence-electron chi connectivity index (χ0n) is 15.3. The highest BCUT2D eigenvalue weighted by atomic mass is 35.5. The standard InChI is InChI=1S/C19H25Cl2N3O3/c20-14-4-5-15(21)16(13-14)22-18(25)6-8-23-7-2-1-3-17(23)19(26)24-9-11-27-12-10-24/h4-5,13,17H,1-3,6-12H2,(H,22,25). The summed E-state index contributed by atoms with van der Waals surface area (Å²) in [5.41, 5.74) is 0.508. The van der Waals surface area contributed by atoms with Crippen LogP contribution < -0.4 is 5.32 Å². The van der Waals surface area contributed by atoms with E-state index in [1.807, 2.05) is 4.90 Å². The zero-order chi connectivity index (χ0) is 19.2. The molecule has 1 atom stereocenters. The number of piperidine rings is 1. The minimum absolute atomic E-state index is 0.137. The van der Waals surface area contributed by atoms with E-state index in [2.05, 4.69) is 10.2 Å². The van der Waals surface area contributed by atoms with Crippen LogP contribution in [0.2, 0.25) is 10.0 Å². The first-order valence-corrected chi connectivity index (χ1v) is 10.2. The molecule has 0 aliphatic carbocycles. The molecule has 2 aliphatic rings. The van der Waals surface area contributed by atoms with Crippen molar-refractivity contribution < 1.29 is 14.3 Å². The first kappa shape index (κ1) is 20.4. The summed E-state index contributed by atoms with van der Waals surface area (Å²) in [5.74, 6) is 0.0265. The third-order valence-corrected chi connectivity index (χ3v) is 5.61. The van der Waals surface area contributed by atoms with Gasteiger partial charge in [-0.05, 0) is 37.6 Å². The van der Waals surface area contributed by atoms with Gasteiger partial charge >= 0.3 is 0 Å². The van der Waals surface area contributed by atoms with Gasteiger partial charge in [0.1, 0.15) is 0 Å². The minimum atomic E-state index is -0.139. The Morgan fingerprint density at radius 2 is 1.93 bits per heavy atom. The van der Waals surface area contributed by atoms with Crippen molar-refractivity contribution in [3.05, 3.63) is 28.2 Å². The summed E-state index contributed by atoms with van der Waals surface area (Å²) >= 11 is 12.1. The van der Waals surface area contributed by atoms with Gasteiger partial charge in [0, 0.05) is 31.1 Å². The van der Waals surface area contributed by atoms with Gasteiger partial charge in [0.2, 0.25) is 11.8 Å². The summed E-state index contributed by atoms with van der Waals surface area (Å²) in [6, 6.07) is 4.82. The Balaban J connectivity index is 1.55. The van der Waals surface area contributed by atoms with Crippen LogP contribution in [0.15, 0.2) is 18.2 Å². The van der Waals surface area contributed by atoms with E-state index < -0.39 is 0 Å². The molecule has 2 saturated heterocycles. The molecule has 0 bridgehead atoms. The predicted molar refractivity (Wildman–Crippen MR) is 106 cm³/mol. The van der Waals surface area contributed by atoms with Crippen molar-refractivity contribution in [2.45, 2.75) is 31.7 Å². The van der Waals surface area contributed by atoms with Gasteiger partial charge in [0.25, 0.3) is 0 Å². The van der Waals surface area contributed by atoms with Crippen molar-refractivity contribution in [1.29, 1.82) is 0 Å². The van der Waals surface area contributed by atoms with Crippen LogP contribution in [0.25, 0.3) is 0 Å². The molecule has 0 spiro atoms. The van der Waals surface area contributed by atoms with E-state index in [4.69, 9.17) is 27.9 Å². The first-order valence-electron chi connectivity index (χ1n) is 9.40. The van der Waals surface area contributed by atoms with Crippen molar-refractivity contribution in [2.24, 2.45) is 0 Å². The average Bonchev–Trinajstić information content (AvgIpc) is 2.69. The fourth-order valence-corrected chi connectivity index (χ4v) is 3.92. The second kappa shape index (κ2) is 9.73. The lowest BCUT2D eigenvalue weighted by Gasteiger charge is -2.38. The lowest BCUT2D eigenvalue weighted by molar-refractivity contribution is -0.142. The lowest BCUT2D eigenvalue weighted by Crippen LogP contribution is -2.53. The molecule has 148 valence electrons. The maximum absolute atomic E-state index is 12.9. The van der Waals surface area contributed by atoms with Gasteiger partial charge in [-0.3, -0.25) is 14.5 Å². The van der Waals surface area contributed by atoms with Crippen LogP contribution in [0.4, 0.5) is 5.69 Å². The maximum Gasteiger partial charge on any atom is 0.240 e. The Morgan fingerprint density at radius 3 is 2.70 bits per heavy atom. The number of halogens is 2. The number of hydrogen-bond donors (Lipinski definition) is 1. The third-order valence-electron chi connectivity index (χ3n) is 5.05. The molecule has 2 amide bonds. The Labute approximate surface area is 169 Å². The van der Waals surface area contributed by atoms with Gasteiger partial charge in [0.15, 0.2) is 0 Å². The largest absolute Gasteiger partial charge is 0.378 e.